The van der Waals surface area contributed by atoms with Crippen molar-refractivity contribution >= 4 is 49.6 Å². The number of rotatable bonds is 5. The molecule has 194 valence electrons. The number of ketones is 1. The van der Waals surface area contributed by atoms with Gasteiger partial charge in [-0.1, -0.05) is 55.8 Å². The molecule has 4 rings (SSSR count). The Hall–Kier alpha value is -2.86. The average molecular weight is 534 g/mol. The molecule has 0 saturated heterocycles. The van der Waals surface area contributed by atoms with Crippen molar-refractivity contribution in [2.24, 2.45) is 9.81 Å². The molecule has 0 spiro atoms. The van der Waals surface area contributed by atoms with Crippen LogP contribution in [0.5, 0.6) is 0 Å². The van der Waals surface area contributed by atoms with Gasteiger partial charge in [0.05, 0.1) is 23.0 Å². The molecule has 11 heteroatoms. The first-order chi connectivity index (χ1) is 16.5. The van der Waals surface area contributed by atoms with Crippen molar-refractivity contribution in [2.45, 2.75) is 50.8 Å². The predicted octanol–water partition coefficient (Wildman–Crippen LogP) is 5.54. The summed E-state index contributed by atoms with van der Waals surface area (Å²) in [5.74, 6) is -0.808. The monoisotopic (exact) mass is 533 g/mol. The van der Waals surface area contributed by atoms with Crippen LogP contribution >= 0.6 is 10.8 Å². The first-order valence-corrected chi connectivity index (χ1v) is 14.8. The van der Waals surface area contributed by atoms with Crippen LogP contribution in [0.1, 0.15) is 51.7 Å². The summed E-state index contributed by atoms with van der Waals surface area (Å²) in [6.45, 7) is 8.12. The van der Waals surface area contributed by atoms with E-state index in [2.05, 4.69) is 35.2 Å². The van der Waals surface area contributed by atoms with Gasteiger partial charge in [-0.3, -0.25) is 18.6 Å². The zero-order valence-electron chi connectivity index (χ0n) is 20.8. The number of hydrogen-bond donors (Lipinski definition) is 5. The molecule has 1 heterocycles. The summed E-state index contributed by atoms with van der Waals surface area (Å²) in [6.07, 6.45) is 2.24. The van der Waals surface area contributed by atoms with E-state index in [0.29, 0.717) is 17.5 Å². The summed E-state index contributed by atoms with van der Waals surface area (Å²) in [4.78, 5) is 14.0. The first kappa shape index (κ1) is 26.2. The van der Waals surface area contributed by atoms with Gasteiger partial charge < -0.3 is 10.4 Å². The summed E-state index contributed by atoms with van der Waals surface area (Å²) < 4.78 is 51.3. The highest BCUT2D eigenvalue weighted by molar-refractivity contribution is 8.23. The molecule has 9 nitrogen and oxygen atoms in total. The summed E-state index contributed by atoms with van der Waals surface area (Å²) >= 11 is 0. The predicted molar refractivity (Wildman–Crippen MR) is 144 cm³/mol. The lowest BCUT2D eigenvalue weighted by atomic mass is 9.65. The first-order valence-electron chi connectivity index (χ1n) is 11.4. The van der Waals surface area contributed by atoms with Gasteiger partial charge in [0.15, 0.2) is 11.6 Å². The molecular formula is C25H31N3O6S2. The summed E-state index contributed by atoms with van der Waals surface area (Å²) in [5.41, 5.74) is 0.451. The van der Waals surface area contributed by atoms with Crippen LogP contribution in [0.4, 0.5) is 11.4 Å². The number of sulfonamides is 1. The Kier molecular flexibility index (Phi) is 6.27. The SMILES string of the molecule is CC(C)(C)CC[C@]1(C)C(=O)C(C2=NS(O)(O)c3cc(NS(C)(=O)=O)ccc3N2)=C(O)c2ccccc21. The molecule has 0 saturated carbocycles. The van der Waals surface area contributed by atoms with Crippen LogP contribution in [0.2, 0.25) is 0 Å². The van der Waals surface area contributed by atoms with Crippen LogP contribution in [-0.4, -0.2) is 40.5 Å². The third-order valence-electron chi connectivity index (χ3n) is 6.41. The van der Waals surface area contributed by atoms with Crippen molar-refractivity contribution in [1.29, 1.82) is 0 Å². The van der Waals surface area contributed by atoms with Crippen LogP contribution in [-0.2, 0) is 20.2 Å². The lowest BCUT2D eigenvalue weighted by Crippen LogP contribution is -2.42. The van der Waals surface area contributed by atoms with Gasteiger partial charge in [-0.2, -0.15) is 0 Å². The van der Waals surface area contributed by atoms with Crippen LogP contribution in [0, 0.1) is 5.41 Å². The van der Waals surface area contributed by atoms with Gasteiger partial charge in [0.2, 0.25) is 10.0 Å². The second kappa shape index (κ2) is 8.62. The number of amidine groups is 1. The van der Waals surface area contributed by atoms with Crippen molar-refractivity contribution in [1.82, 2.24) is 0 Å². The van der Waals surface area contributed by atoms with Gasteiger partial charge in [-0.25, -0.2) is 8.42 Å². The number of aliphatic hydroxyl groups excluding tert-OH is 1. The number of Topliss-reactive ketones (excluding diaryl/α,β-unsaturated/α-hetero) is 1. The van der Waals surface area contributed by atoms with Crippen LogP contribution in [0.3, 0.4) is 0 Å². The molecule has 1 aliphatic heterocycles. The molecule has 0 fully saturated rings. The van der Waals surface area contributed by atoms with E-state index in [0.717, 1.165) is 12.7 Å². The zero-order valence-corrected chi connectivity index (χ0v) is 22.4. The normalized spacial score (nSPS) is 22.2. The fourth-order valence-corrected chi connectivity index (χ4v) is 6.21. The third-order valence-corrected chi connectivity index (χ3v) is 8.38. The standard InChI is InChI=1S/C25H31N3O6S2/c1-24(2,3)12-13-25(4)17-9-7-6-8-16(17)21(29)20(22(25)30)23-26-18-11-10-15(27-35(5,31)32)14-19(18)36(33,34)28-23/h6-11,14,27,29,33-34H,12-13H2,1-5H3,(H,26,28)/t25-/m0/s1. The van der Waals surface area contributed by atoms with Gasteiger partial charge in [-0.15, -0.1) is 4.40 Å². The third kappa shape index (κ3) is 4.88. The summed E-state index contributed by atoms with van der Waals surface area (Å²) in [6, 6.07) is 11.3. The second-order valence-corrected chi connectivity index (χ2v) is 14.1. The molecular weight excluding hydrogens is 502 g/mol. The number of aliphatic hydroxyl groups is 1. The largest absolute Gasteiger partial charge is 0.506 e. The topological polar surface area (TPSA) is 148 Å². The minimum atomic E-state index is -3.82. The molecule has 2 aromatic rings. The minimum absolute atomic E-state index is 0.0286. The average Bonchev–Trinajstić information content (AvgIpc) is 2.75. The van der Waals surface area contributed by atoms with E-state index in [1.165, 1.54) is 18.2 Å². The molecule has 0 amide bonds. The second-order valence-electron chi connectivity index (χ2n) is 10.7. The number of carbonyl (C=O) groups is 1. The number of benzene rings is 2. The van der Waals surface area contributed by atoms with Crippen molar-refractivity contribution < 1.29 is 27.4 Å². The number of nitrogens with zero attached hydrogens (tertiary/aromatic N) is 1. The number of carbonyl (C=O) groups excluding carboxylic acids is 1. The Morgan fingerprint density at radius 2 is 1.81 bits per heavy atom. The smallest absolute Gasteiger partial charge is 0.229 e. The van der Waals surface area contributed by atoms with E-state index < -0.39 is 26.2 Å². The van der Waals surface area contributed by atoms with E-state index in [9.17, 15) is 27.4 Å². The Morgan fingerprint density at radius 3 is 2.44 bits per heavy atom. The van der Waals surface area contributed by atoms with E-state index in [4.69, 9.17) is 0 Å². The van der Waals surface area contributed by atoms with Crippen LogP contribution < -0.4 is 10.0 Å². The quantitative estimate of drug-likeness (QED) is 0.339. The van der Waals surface area contributed by atoms with Crippen molar-refractivity contribution in [3.05, 3.63) is 59.2 Å². The van der Waals surface area contributed by atoms with Gasteiger partial charge in [-0.05, 0) is 48.9 Å². The molecule has 2 aliphatic rings. The molecule has 0 radical (unpaired) electrons. The van der Waals surface area contributed by atoms with Gasteiger partial charge in [0.1, 0.15) is 16.2 Å². The van der Waals surface area contributed by atoms with Gasteiger partial charge >= 0.3 is 0 Å². The lowest BCUT2D eigenvalue weighted by Gasteiger charge is -2.39. The molecule has 0 aromatic heterocycles. The van der Waals surface area contributed by atoms with E-state index in [-0.39, 0.29) is 44.6 Å². The molecule has 1 aliphatic carbocycles. The highest BCUT2D eigenvalue weighted by atomic mass is 32.3. The molecule has 36 heavy (non-hydrogen) atoms. The fourth-order valence-electron chi connectivity index (χ4n) is 4.47. The summed E-state index contributed by atoms with van der Waals surface area (Å²) in [5, 5.41) is 14.2. The zero-order chi connectivity index (χ0) is 26.7. The molecule has 0 bridgehead atoms. The molecule has 2 aromatic carbocycles. The Balaban J connectivity index is 1.82. The summed E-state index contributed by atoms with van der Waals surface area (Å²) in [7, 11) is -7.41. The number of nitrogens with one attached hydrogen (secondary N) is 2. The molecule has 1 atom stereocenters. The highest BCUT2D eigenvalue weighted by Gasteiger charge is 2.47. The Labute approximate surface area is 212 Å². The van der Waals surface area contributed by atoms with Crippen molar-refractivity contribution in [3.63, 3.8) is 0 Å². The van der Waals surface area contributed by atoms with E-state index in [1.807, 2.05) is 19.1 Å². The maximum atomic E-state index is 14.0. The molecule has 0 unspecified atom stereocenters. The molecule has 5 N–H and O–H groups in total. The van der Waals surface area contributed by atoms with Gasteiger partial charge in [0, 0.05) is 5.56 Å². The number of fused-ring (bicyclic) bond motifs is 2. The fraction of sp³-hybridized carbons (Fsp3) is 0.360. The van der Waals surface area contributed by atoms with Crippen molar-refractivity contribution in [3.8, 4) is 0 Å². The number of anilines is 2. The highest BCUT2D eigenvalue weighted by Crippen LogP contribution is 2.57. The minimum Gasteiger partial charge on any atom is -0.506 e. The lowest BCUT2D eigenvalue weighted by molar-refractivity contribution is -0.120. The van der Waals surface area contributed by atoms with Crippen LogP contribution in [0.25, 0.3) is 5.76 Å². The Morgan fingerprint density at radius 1 is 1.14 bits per heavy atom. The van der Waals surface area contributed by atoms with Crippen LogP contribution in [0.15, 0.2) is 57.3 Å². The number of hydrogen-bond acceptors (Lipinski definition) is 8. The van der Waals surface area contributed by atoms with Crippen molar-refractivity contribution in [2.75, 3.05) is 16.3 Å². The van der Waals surface area contributed by atoms with E-state index >= 15 is 0 Å². The maximum Gasteiger partial charge on any atom is 0.229 e. The van der Waals surface area contributed by atoms with Gasteiger partial charge in [0.25, 0.3) is 0 Å². The Bertz CT molecular complexity index is 1420. The maximum absolute atomic E-state index is 14.0. The van der Waals surface area contributed by atoms with E-state index in [1.54, 1.807) is 12.1 Å².